The number of fused-ring (bicyclic) bond motifs is 1. The van der Waals surface area contributed by atoms with Crippen LogP contribution < -0.4 is 5.32 Å². The van der Waals surface area contributed by atoms with Crippen molar-refractivity contribution in [3.63, 3.8) is 0 Å². The van der Waals surface area contributed by atoms with Gasteiger partial charge in [0.2, 0.25) is 5.82 Å². The van der Waals surface area contributed by atoms with Gasteiger partial charge in [-0.15, -0.1) is 10.2 Å². The molecule has 5 rings (SSSR count). The largest absolute Gasteiger partial charge is 0.320 e. The summed E-state index contributed by atoms with van der Waals surface area (Å²) >= 11 is 1.30. The smallest absolute Gasteiger partial charge is 0.262 e. The number of aromatic nitrogens is 4. The molecule has 0 radical (unpaired) electrons. The summed E-state index contributed by atoms with van der Waals surface area (Å²) in [6, 6.07) is 18.1. The van der Waals surface area contributed by atoms with E-state index in [4.69, 9.17) is 0 Å². The summed E-state index contributed by atoms with van der Waals surface area (Å²) in [7, 11) is -3.59. The van der Waals surface area contributed by atoms with Gasteiger partial charge >= 0.3 is 0 Å². The molecule has 1 aromatic heterocycles. The highest BCUT2D eigenvalue weighted by molar-refractivity contribution is 8.04. The van der Waals surface area contributed by atoms with Crippen molar-refractivity contribution in [2.75, 3.05) is 5.32 Å². The molecule has 1 amide bonds. The number of carbonyl (C=O) groups is 1. The summed E-state index contributed by atoms with van der Waals surface area (Å²) in [6.45, 7) is 3.82. The first-order valence-electron chi connectivity index (χ1n) is 10.8. The van der Waals surface area contributed by atoms with Gasteiger partial charge in [0.05, 0.1) is 21.2 Å². The Balaban J connectivity index is 1.38. The number of nitrogens with zero attached hydrogens (tertiary/aromatic N) is 3. The molecule has 1 aliphatic rings. The maximum Gasteiger partial charge on any atom is 0.262 e. The molecule has 4 aromatic rings. The first kappa shape index (κ1) is 23.0. The Labute approximate surface area is 206 Å². The van der Waals surface area contributed by atoms with E-state index in [1.54, 1.807) is 24.3 Å². The van der Waals surface area contributed by atoms with Gasteiger partial charge in [0.25, 0.3) is 5.91 Å². The molecule has 0 fully saturated rings. The van der Waals surface area contributed by atoms with Gasteiger partial charge in [-0.25, -0.2) is 8.42 Å². The van der Waals surface area contributed by atoms with E-state index in [9.17, 15) is 13.2 Å². The third kappa shape index (κ3) is 4.75. The third-order valence-electron chi connectivity index (χ3n) is 5.79. The lowest BCUT2D eigenvalue weighted by Crippen LogP contribution is -2.18. The van der Waals surface area contributed by atoms with Gasteiger partial charge in [0.1, 0.15) is 0 Å². The Kier molecular flexibility index (Phi) is 6.00. The zero-order valence-corrected chi connectivity index (χ0v) is 20.6. The molecule has 10 heteroatoms. The first-order valence-corrected chi connectivity index (χ1v) is 13.2. The maximum atomic E-state index is 13.1. The van der Waals surface area contributed by atoms with E-state index in [0.717, 1.165) is 32.7 Å². The van der Waals surface area contributed by atoms with Crippen LogP contribution in [0.25, 0.3) is 17.5 Å². The van der Waals surface area contributed by atoms with E-state index < -0.39 is 9.84 Å². The van der Waals surface area contributed by atoms with Gasteiger partial charge in [-0.2, -0.15) is 5.21 Å². The standard InChI is InChI=1S/C25H21N5O3S2/c1-15-4-3-5-16(2)20(15)14-35(32,33)19-10-11-22-21(13-19)26-25(31)23(34-22)12-17-6-8-18(9-7-17)24-27-29-30-28-24/h3-13H,14H2,1-2H3,(H,26,31)(H,27,28,29,30). The van der Waals surface area contributed by atoms with Crippen molar-refractivity contribution in [3.8, 4) is 11.4 Å². The number of sulfone groups is 1. The minimum absolute atomic E-state index is 0.0869. The van der Waals surface area contributed by atoms with Crippen molar-refractivity contribution in [1.82, 2.24) is 20.6 Å². The lowest BCUT2D eigenvalue weighted by molar-refractivity contribution is -0.112. The highest BCUT2D eigenvalue weighted by Gasteiger charge is 2.25. The zero-order valence-electron chi connectivity index (χ0n) is 18.9. The van der Waals surface area contributed by atoms with Crippen molar-refractivity contribution in [1.29, 1.82) is 0 Å². The second kappa shape index (κ2) is 9.12. The summed E-state index contributed by atoms with van der Waals surface area (Å²) in [5.41, 5.74) is 4.82. The van der Waals surface area contributed by atoms with E-state index in [-0.39, 0.29) is 16.6 Å². The lowest BCUT2D eigenvalue weighted by atomic mass is 10.1. The van der Waals surface area contributed by atoms with Gasteiger partial charge in [0.15, 0.2) is 9.84 Å². The van der Waals surface area contributed by atoms with Crippen LogP contribution in [0.1, 0.15) is 22.3 Å². The van der Waals surface area contributed by atoms with Crippen LogP contribution in [0.3, 0.4) is 0 Å². The summed E-state index contributed by atoms with van der Waals surface area (Å²) in [5, 5.41) is 16.7. The van der Waals surface area contributed by atoms with Crippen molar-refractivity contribution >= 4 is 39.3 Å². The minimum atomic E-state index is -3.59. The zero-order chi connectivity index (χ0) is 24.6. The monoisotopic (exact) mass is 503 g/mol. The van der Waals surface area contributed by atoms with Crippen LogP contribution in [0.2, 0.25) is 0 Å². The Bertz CT molecular complexity index is 1540. The first-order chi connectivity index (χ1) is 16.8. The maximum absolute atomic E-state index is 13.1. The molecule has 176 valence electrons. The van der Waals surface area contributed by atoms with E-state index in [1.807, 2.05) is 56.3 Å². The Hall–Kier alpha value is -3.76. The average Bonchev–Trinajstić information content (AvgIpc) is 3.37. The molecule has 0 saturated heterocycles. The molecule has 0 aliphatic carbocycles. The van der Waals surface area contributed by atoms with Crippen molar-refractivity contribution in [3.05, 3.63) is 87.8 Å². The van der Waals surface area contributed by atoms with Crippen molar-refractivity contribution in [2.45, 2.75) is 29.4 Å². The molecule has 35 heavy (non-hydrogen) atoms. The average molecular weight is 504 g/mol. The summed E-state index contributed by atoms with van der Waals surface area (Å²) in [4.78, 5) is 14.3. The molecular weight excluding hydrogens is 482 g/mol. The molecule has 2 N–H and O–H groups in total. The number of amides is 1. The van der Waals surface area contributed by atoms with Gasteiger partial charge in [-0.1, -0.05) is 54.2 Å². The summed E-state index contributed by atoms with van der Waals surface area (Å²) < 4.78 is 26.3. The molecule has 2 heterocycles. The molecule has 0 bridgehead atoms. The van der Waals surface area contributed by atoms with Crippen molar-refractivity contribution < 1.29 is 13.2 Å². The number of thioether (sulfide) groups is 1. The number of tetrazole rings is 1. The van der Waals surface area contributed by atoms with Crippen LogP contribution >= 0.6 is 11.8 Å². The number of carbonyl (C=O) groups excluding carboxylic acids is 1. The van der Waals surface area contributed by atoms with Gasteiger partial charge in [0, 0.05) is 10.5 Å². The van der Waals surface area contributed by atoms with Gasteiger partial charge in [-0.05, 0) is 65.6 Å². The number of anilines is 1. The predicted octanol–water partition coefficient (Wildman–Crippen LogP) is 4.54. The quantitative estimate of drug-likeness (QED) is 0.384. The van der Waals surface area contributed by atoms with Crippen LogP contribution in [0, 0.1) is 13.8 Å². The number of nitrogens with one attached hydrogen (secondary N) is 2. The molecule has 8 nitrogen and oxygen atoms in total. The third-order valence-corrected chi connectivity index (χ3v) is 8.53. The van der Waals surface area contributed by atoms with Crippen LogP contribution in [0.4, 0.5) is 5.69 Å². The molecule has 0 spiro atoms. The Morgan fingerprint density at radius 2 is 1.74 bits per heavy atom. The highest BCUT2D eigenvalue weighted by Crippen LogP contribution is 2.40. The van der Waals surface area contributed by atoms with Crippen molar-refractivity contribution in [2.24, 2.45) is 0 Å². The highest BCUT2D eigenvalue weighted by atomic mass is 32.2. The van der Waals surface area contributed by atoms with E-state index in [2.05, 4.69) is 25.9 Å². The number of aryl methyl sites for hydroxylation is 2. The second-order valence-electron chi connectivity index (χ2n) is 8.21. The fourth-order valence-corrected chi connectivity index (χ4v) is 6.35. The predicted molar refractivity (Wildman–Crippen MR) is 135 cm³/mol. The van der Waals surface area contributed by atoms with E-state index in [0.29, 0.717) is 16.4 Å². The Morgan fingerprint density at radius 1 is 1.00 bits per heavy atom. The normalized spacial score (nSPS) is 14.6. The van der Waals surface area contributed by atoms with Gasteiger partial charge < -0.3 is 5.32 Å². The lowest BCUT2D eigenvalue weighted by Gasteiger charge is -2.20. The van der Waals surface area contributed by atoms with Crippen LogP contribution in [0.5, 0.6) is 0 Å². The molecule has 0 saturated carbocycles. The Morgan fingerprint density at radius 3 is 2.43 bits per heavy atom. The summed E-state index contributed by atoms with van der Waals surface area (Å²) in [5.74, 6) is 0.122. The topological polar surface area (TPSA) is 118 Å². The number of benzene rings is 3. The SMILES string of the molecule is Cc1cccc(C)c1CS(=O)(=O)c1ccc2c(c1)NC(=O)C(=Cc1ccc(-c3nn[nH]n3)cc1)S2. The number of H-pyrrole nitrogens is 1. The van der Waals surface area contributed by atoms with E-state index in [1.165, 1.54) is 11.8 Å². The summed E-state index contributed by atoms with van der Waals surface area (Å²) in [6.07, 6.45) is 1.79. The number of rotatable bonds is 5. The van der Waals surface area contributed by atoms with Crippen LogP contribution in [-0.2, 0) is 20.4 Å². The molecule has 0 atom stereocenters. The minimum Gasteiger partial charge on any atom is -0.320 e. The number of hydrogen-bond donors (Lipinski definition) is 2. The van der Waals surface area contributed by atoms with Gasteiger partial charge in [-0.3, -0.25) is 4.79 Å². The number of aromatic amines is 1. The fraction of sp³-hybridized carbons (Fsp3) is 0.120. The molecule has 0 unspecified atom stereocenters. The molecule has 3 aromatic carbocycles. The van der Waals surface area contributed by atoms with Crippen LogP contribution in [0.15, 0.2) is 75.4 Å². The van der Waals surface area contributed by atoms with E-state index >= 15 is 0 Å². The molecule has 1 aliphatic heterocycles. The fourth-order valence-electron chi connectivity index (χ4n) is 3.85. The molecular formula is C25H21N5O3S2. The second-order valence-corrected chi connectivity index (χ2v) is 11.3. The number of hydrogen-bond acceptors (Lipinski definition) is 7. The van der Waals surface area contributed by atoms with Crippen LogP contribution in [-0.4, -0.2) is 34.9 Å².